The molecular weight excluding hydrogens is 394 g/mol. The molecule has 1 amide bonds. The van der Waals surface area contributed by atoms with Gasteiger partial charge >= 0.3 is 0 Å². The van der Waals surface area contributed by atoms with Crippen LogP contribution in [0.25, 0.3) is 45.1 Å². The lowest BCUT2D eigenvalue weighted by Crippen LogP contribution is -2.12. The summed E-state index contributed by atoms with van der Waals surface area (Å²) in [6, 6.07) is 18.9. The van der Waals surface area contributed by atoms with Crippen LogP contribution in [-0.4, -0.2) is 15.9 Å². The van der Waals surface area contributed by atoms with Gasteiger partial charge in [0, 0.05) is 41.6 Å². The predicted molar refractivity (Wildman–Crippen MR) is 128 cm³/mol. The first-order valence-electron chi connectivity index (χ1n) is 10.9. The van der Waals surface area contributed by atoms with Crippen LogP contribution in [0.2, 0.25) is 0 Å². The number of H-pyrrole nitrogens is 1. The Morgan fingerprint density at radius 2 is 1.72 bits per heavy atom. The minimum Gasteiger partial charge on any atom is -0.354 e. The number of fused-ring (bicyclic) bond motifs is 10. The maximum absolute atomic E-state index is 12.9. The molecule has 0 saturated heterocycles. The van der Waals surface area contributed by atoms with Crippen molar-refractivity contribution >= 4 is 39.9 Å². The molecule has 152 valence electrons. The highest BCUT2D eigenvalue weighted by molar-refractivity contribution is 6.22. The normalized spacial score (nSPS) is 14.2. The molecule has 0 unspecified atom stereocenters. The summed E-state index contributed by atoms with van der Waals surface area (Å²) in [5, 5.41) is 5.27. The Morgan fingerprint density at radius 1 is 0.875 bits per heavy atom. The molecule has 2 N–H and O–H groups in total. The summed E-state index contributed by atoms with van der Waals surface area (Å²) >= 11 is 0. The number of aromatic nitrogens is 2. The van der Waals surface area contributed by atoms with E-state index in [2.05, 4.69) is 57.8 Å². The maximum Gasteiger partial charge on any atom is 0.252 e. The number of nitrogens with one attached hydrogen (secondary N) is 2. The van der Waals surface area contributed by atoms with E-state index in [1.165, 1.54) is 22.3 Å². The van der Waals surface area contributed by atoms with Crippen LogP contribution in [0.3, 0.4) is 0 Å². The Morgan fingerprint density at radius 3 is 2.62 bits per heavy atom. The van der Waals surface area contributed by atoms with Gasteiger partial charge in [-0.25, -0.2) is 0 Å². The number of nitrogens with zero attached hydrogens (tertiary/aromatic N) is 1. The van der Waals surface area contributed by atoms with Crippen molar-refractivity contribution in [2.45, 2.75) is 13.0 Å². The molecule has 0 atom stereocenters. The molecule has 0 bridgehead atoms. The second kappa shape index (κ2) is 6.41. The van der Waals surface area contributed by atoms with Crippen molar-refractivity contribution in [3.63, 3.8) is 0 Å². The van der Waals surface area contributed by atoms with Gasteiger partial charge in [-0.2, -0.15) is 0 Å². The smallest absolute Gasteiger partial charge is 0.252 e. The number of pyridine rings is 1. The average Bonchev–Trinajstić information content (AvgIpc) is 3.51. The van der Waals surface area contributed by atoms with Crippen LogP contribution in [0.5, 0.6) is 0 Å². The third-order valence-electron chi connectivity index (χ3n) is 6.76. The van der Waals surface area contributed by atoms with Gasteiger partial charge in [0.2, 0.25) is 0 Å². The quantitative estimate of drug-likeness (QED) is 0.382. The molecule has 2 aliphatic rings. The fourth-order valence-electron chi connectivity index (χ4n) is 5.34. The second-order valence-corrected chi connectivity index (χ2v) is 8.52. The molecule has 0 fully saturated rings. The molecule has 2 aromatic heterocycles. The molecule has 3 aromatic carbocycles. The summed E-state index contributed by atoms with van der Waals surface area (Å²) in [5.41, 5.74) is 11.5. The highest BCUT2D eigenvalue weighted by atomic mass is 16.1. The van der Waals surface area contributed by atoms with Gasteiger partial charge in [-0.3, -0.25) is 9.78 Å². The van der Waals surface area contributed by atoms with Gasteiger partial charge in [0.15, 0.2) is 0 Å². The summed E-state index contributed by atoms with van der Waals surface area (Å²) in [5.74, 6) is 0.0275. The lowest BCUT2D eigenvalue weighted by Gasteiger charge is -2.10. The Balaban J connectivity index is 1.46. The number of benzene rings is 3. The van der Waals surface area contributed by atoms with E-state index < -0.39 is 0 Å². The lowest BCUT2D eigenvalue weighted by molar-refractivity contribution is 0.0967. The molecule has 3 heterocycles. The van der Waals surface area contributed by atoms with E-state index in [1.54, 1.807) is 12.4 Å². The first kappa shape index (κ1) is 17.5. The molecule has 0 saturated carbocycles. The van der Waals surface area contributed by atoms with Crippen LogP contribution >= 0.6 is 0 Å². The second-order valence-electron chi connectivity index (χ2n) is 8.52. The van der Waals surface area contributed by atoms with E-state index in [1.807, 2.05) is 24.3 Å². The largest absolute Gasteiger partial charge is 0.354 e. The van der Waals surface area contributed by atoms with Crippen LogP contribution in [-0.2, 0) is 13.0 Å². The van der Waals surface area contributed by atoms with Gasteiger partial charge in [-0.15, -0.1) is 0 Å². The average molecular weight is 413 g/mol. The molecule has 5 aromatic rings. The fourth-order valence-corrected chi connectivity index (χ4v) is 5.34. The van der Waals surface area contributed by atoms with E-state index in [9.17, 15) is 4.79 Å². The number of hydrogen-bond acceptors (Lipinski definition) is 2. The van der Waals surface area contributed by atoms with Crippen molar-refractivity contribution < 1.29 is 4.79 Å². The van der Waals surface area contributed by atoms with Gasteiger partial charge in [-0.1, -0.05) is 42.5 Å². The van der Waals surface area contributed by atoms with Gasteiger partial charge in [-0.05, 0) is 63.2 Å². The Hall–Kier alpha value is -4.18. The van der Waals surface area contributed by atoms with Crippen LogP contribution in [0.15, 0.2) is 67.0 Å². The number of para-hydroxylation sites is 1. The van der Waals surface area contributed by atoms with E-state index in [0.717, 1.165) is 50.5 Å². The van der Waals surface area contributed by atoms with Crippen molar-refractivity contribution in [3.8, 4) is 11.1 Å². The first-order valence-corrected chi connectivity index (χ1v) is 10.9. The van der Waals surface area contributed by atoms with E-state index in [-0.39, 0.29) is 5.91 Å². The summed E-state index contributed by atoms with van der Waals surface area (Å²) in [6.45, 7) is 0.586. The van der Waals surface area contributed by atoms with Crippen LogP contribution in [0, 0.1) is 0 Å². The Kier molecular flexibility index (Phi) is 3.50. The minimum atomic E-state index is 0.0275. The molecule has 4 heteroatoms. The minimum absolute atomic E-state index is 0.0275. The fraction of sp³-hybridized carbons (Fsp3) is 0.0714. The predicted octanol–water partition coefficient (Wildman–Crippen LogP) is 5.70. The van der Waals surface area contributed by atoms with E-state index in [0.29, 0.717) is 6.54 Å². The zero-order valence-corrected chi connectivity index (χ0v) is 17.3. The van der Waals surface area contributed by atoms with Crippen molar-refractivity contribution in [2.75, 3.05) is 0 Å². The molecule has 0 spiro atoms. The summed E-state index contributed by atoms with van der Waals surface area (Å²) in [4.78, 5) is 20.6. The highest BCUT2D eigenvalue weighted by Gasteiger charge is 2.33. The number of rotatable bonds is 2. The zero-order valence-electron chi connectivity index (χ0n) is 17.3. The third-order valence-corrected chi connectivity index (χ3v) is 6.76. The number of amides is 1. The van der Waals surface area contributed by atoms with E-state index in [4.69, 9.17) is 0 Å². The summed E-state index contributed by atoms with van der Waals surface area (Å²) in [7, 11) is 0. The van der Waals surface area contributed by atoms with Crippen molar-refractivity contribution in [1.29, 1.82) is 0 Å². The Bertz CT molecular complexity index is 1610. The monoisotopic (exact) mass is 413 g/mol. The highest BCUT2D eigenvalue weighted by Crippen LogP contribution is 2.47. The zero-order chi connectivity index (χ0) is 21.2. The van der Waals surface area contributed by atoms with Crippen molar-refractivity contribution in [1.82, 2.24) is 15.3 Å². The number of hydrogen-bond donors (Lipinski definition) is 2. The van der Waals surface area contributed by atoms with Crippen LogP contribution in [0.4, 0.5) is 0 Å². The first-order chi connectivity index (χ1) is 15.8. The number of carbonyl (C=O) groups excluding carboxylic acids is 1. The number of aromatic amines is 1. The molecule has 1 aliphatic carbocycles. The van der Waals surface area contributed by atoms with E-state index >= 15 is 0 Å². The summed E-state index contributed by atoms with van der Waals surface area (Å²) in [6.07, 6.45) is 8.73. The molecular formula is C28H19N3O. The topological polar surface area (TPSA) is 57.8 Å². The third kappa shape index (κ3) is 2.38. The van der Waals surface area contributed by atoms with Gasteiger partial charge in [0.05, 0.1) is 11.1 Å². The molecule has 1 aliphatic heterocycles. The van der Waals surface area contributed by atoms with Crippen molar-refractivity contribution in [3.05, 3.63) is 100 Å². The maximum atomic E-state index is 12.9. The standard InChI is InChI=1S/C28H19N3O/c32-28-26-22(15-30-28)24-20-13-17(6-5-16-9-11-29-12-10-16)7-8-18(20)14-21(24)27-25(26)19-3-1-2-4-23(19)31-27/h1-13,31H,14-15H2,(H,30,32). The molecule has 4 nitrogen and oxygen atoms in total. The summed E-state index contributed by atoms with van der Waals surface area (Å²) < 4.78 is 0. The SMILES string of the molecule is O=C1NCc2c3c(c4[nH]c5ccccc5c4c21)Cc1ccc(C=Cc2ccncc2)cc1-3. The van der Waals surface area contributed by atoms with Crippen LogP contribution in [0.1, 0.15) is 38.2 Å². The van der Waals surface area contributed by atoms with Gasteiger partial charge in [0.25, 0.3) is 5.91 Å². The molecule has 7 rings (SSSR count). The Labute approximate surface area is 184 Å². The van der Waals surface area contributed by atoms with Crippen LogP contribution < -0.4 is 5.32 Å². The van der Waals surface area contributed by atoms with Gasteiger partial charge < -0.3 is 10.3 Å². The van der Waals surface area contributed by atoms with Crippen molar-refractivity contribution in [2.24, 2.45) is 0 Å². The number of carbonyl (C=O) groups is 1. The molecule has 0 radical (unpaired) electrons. The van der Waals surface area contributed by atoms with Gasteiger partial charge in [0.1, 0.15) is 0 Å². The lowest BCUT2D eigenvalue weighted by atomic mass is 9.91. The molecule has 32 heavy (non-hydrogen) atoms.